The summed E-state index contributed by atoms with van der Waals surface area (Å²) in [5.41, 5.74) is 1.85. The second kappa shape index (κ2) is 9.18. The highest BCUT2D eigenvalue weighted by molar-refractivity contribution is 5.77. The van der Waals surface area contributed by atoms with Gasteiger partial charge in [-0.3, -0.25) is 4.79 Å². The summed E-state index contributed by atoms with van der Waals surface area (Å²) < 4.78 is 23.6. The Kier molecular flexibility index (Phi) is 6.95. The van der Waals surface area contributed by atoms with Crippen LogP contribution in [0, 0.1) is 5.82 Å². The zero-order valence-corrected chi connectivity index (χ0v) is 14.9. The first kappa shape index (κ1) is 18.9. The summed E-state index contributed by atoms with van der Waals surface area (Å²) >= 11 is 0. The molecule has 0 aromatic heterocycles. The van der Waals surface area contributed by atoms with E-state index >= 15 is 0 Å². The van der Waals surface area contributed by atoms with Gasteiger partial charge in [-0.05, 0) is 35.4 Å². The van der Waals surface area contributed by atoms with Gasteiger partial charge in [-0.2, -0.15) is 0 Å². The van der Waals surface area contributed by atoms with E-state index in [-0.39, 0.29) is 17.6 Å². The normalized spacial score (nSPS) is 11.8. The minimum absolute atomic E-state index is 0.00851. The van der Waals surface area contributed by atoms with Crippen molar-refractivity contribution >= 4 is 5.91 Å². The van der Waals surface area contributed by atoms with Crippen LogP contribution in [0.4, 0.5) is 4.39 Å². The fourth-order valence-corrected chi connectivity index (χ4v) is 2.66. The van der Waals surface area contributed by atoms with Crippen LogP contribution in [0.25, 0.3) is 0 Å². The van der Waals surface area contributed by atoms with E-state index in [0.717, 1.165) is 16.9 Å². The molecule has 1 unspecified atom stereocenters. The molecule has 0 fully saturated rings. The Morgan fingerprint density at radius 1 is 1.12 bits per heavy atom. The van der Waals surface area contributed by atoms with Gasteiger partial charge >= 0.3 is 0 Å². The maximum absolute atomic E-state index is 13.3. The maximum atomic E-state index is 13.3. The molecule has 2 rings (SSSR count). The molecule has 0 radical (unpaired) electrons. The van der Waals surface area contributed by atoms with Crippen molar-refractivity contribution in [3.8, 4) is 5.75 Å². The van der Waals surface area contributed by atoms with E-state index in [1.165, 1.54) is 12.1 Å². The Labute approximate surface area is 148 Å². The number of likely N-dealkylation sites (N-methyl/N-ethyl adjacent to an activating group) is 1. The summed E-state index contributed by atoms with van der Waals surface area (Å²) in [6, 6.07) is 13.9. The molecule has 0 heterocycles. The fourth-order valence-electron chi connectivity index (χ4n) is 2.66. The van der Waals surface area contributed by atoms with Crippen molar-refractivity contribution in [2.45, 2.75) is 12.3 Å². The maximum Gasteiger partial charge on any atom is 0.223 e. The molecule has 2 aromatic rings. The van der Waals surface area contributed by atoms with E-state index < -0.39 is 0 Å². The van der Waals surface area contributed by atoms with Crippen LogP contribution < -0.4 is 4.74 Å². The summed E-state index contributed by atoms with van der Waals surface area (Å²) in [7, 11) is 4.97. The average Bonchev–Trinajstić information content (AvgIpc) is 2.64. The first-order valence-corrected chi connectivity index (χ1v) is 8.17. The highest BCUT2D eigenvalue weighted by Gasteiger charge is 2.21. The molecule has 4 nitrogen and oxygen atoms in total. The Balaban J connectivity index is 2.28. The number of hydrogen-bond donors (Lipinski definition) is 0. The largest absolute Gasteiger partial charge is 0.497 e. The smallest absolute Gasteiger partial charge is 0.223 e. The number of carbonyl (C=O) groups is 1. The van der Waals surface area contributed by atoms with Crippen LogP contribution in [-0.4, -0.2) is 45.2 Å². The van der Waals surface area contributed by atoms with E-state index in [0.29, 0.717) is 19.6 Å². The number of methoxy groups -OCH3 is 2. The molecular weight excluding hydrogens is 321 g/mol. The lowest BCUT2D eigenvalue weighted by Crippen LogP contribution is -2.31. The van der Waals surface area contributed by atoms with Gasteiger partial charge in [0.25, 0.3) is 0 Å². The first-order valence-electron chi connectivity index (χ1n) is 8.17. The van der Waals surface area contributed by atoms with E-state index in [1.807, 2.05) is 24.3 Å². The first-order chi connectivity index (χ1) is 12.0. The number of nitrogens with zero attached hydrogens (tertiary/aromatic N) is 1. The lowest BCUT2D eigenvalue weighted by Gasteiger charge is -2.22. The van der Waals surface area contributed by atoms with Crippen molar-refractivity contribution < 1.29 is 18.7 Å². The molecule has 1 atom stereocenters. The van der Waals surface area contributed by atoms with Crippen LogP contribution in [0.2, 0.25) is 0 Å². The summed E-state index contributed by atoms with van der Waals surface area (Å²) in [5.74, 6) is 0.267. The van der Waals surface area contributed by atoms with Crippen molar-refractivity contribution in [1.29, 1.82) is 0 Å². The summed E-state index contributed by atoms with van der Waals surface area (Å²) in [6.07, 6.45) is 0.291. The zero-order valence-electron chi connectivity index (χ0n) is 14.9. The molecule has 1 amide bonds. The van der Waals surface area contributed by atoms with E-state index in [4.69, 9.17) is 9.47 Å². The molecule has 0 N–H and O–H groups in total. The Bertz CT molecular complexity index is 688. The number of halogens is 1. The van der Waals surface area contributed by atoms with Gasteiger partial charge in [0, 0.05) is 33.0 Å². The quantitative estimate of drug-likeness (QED) is 0.735. The number of carbonyl (C=O) groups excluding carboxylic acids is 1. The van der Waals surface area contributed by atoms with Crippen LogP contribution in [-0.2, 0) is 9.53 Å². The molecule has 0 saturated carbocycles. The van der Waals surface area contributed by atoms with Crippen LogP contribution in [0.1, 0.15) is 23.5 Å². The Hall–Kier alpha value is -2.40. The predicted octanol–water partition coefficient (Wildman–Crippen LogP) is 3.46. The van der Waals surface area contributed by atoms with Gasteiger partial charge < -0.3 is 14.4 Å². The Morgan fingerprint density at radius 2 is 1.84 bits per heavy atom. The topological polar surface area (TPSA) is 38.8 Å². The number of benzene rings is 2. The second-order valence-corrected chi connectivity index (χ2v) is 5.89. The van der Waals surface area contributed by atoms with Gasteiger partial charge in [0.2, 0.25) is 5.91 Å². The third-order valence-corrected chi connectivity index (χ3v) is 4.20. The third kappa shape index (κ3) is 5.29. The molecule has 0 aliphatic carbocycles. The van der Waals surface area contributed by atoms with Gasteiger partial charge in [-0.25, -0.2) is 4.39 Å². The number of rotatable bonds is 8. The minimum Gasteiger partial charge on any atom is -0.497 e. The minimum atomic E-state index is -0.295. The van der Waals surface area contributed by atoms with Crippen molar-refractivity contribution in [2.24, 2.45) is 0 Å². The van der Waals surface area contributed by atoms with E-state index in [9.17, 15) is 9.18 Å². The molecule has 25 heavy (non-hydrogen) atoms. The molecule has 0 saturated heterocycles. The van der Waals surface area contributed by atoms with Crippen molar-refractivity contribution in [3.05, 3.63) is 65.5 Å². The van der Waals surface area contributed by atoms with Gasteiger partial charge in [0.1, 0.15) is 11.6 Å². The molecule has 5 heteroatoms. The van der Waals surface area contributed by atoms with Crippen LogP contribution in [0.3, 0.4) is 0 Å². The van der Waals surface area contributed by atoms with E-state index in [2.05, 4.69) is 0 Å². The van der Waals surface area contributed by atoms with Crippen LogP contribution in [0.5, 0.6) is 5.75 Å². The third-order valence-electron chi connectivity index (χ3n) is 4.20. The van der Waals surface area contributed by atoms with Gasteiger partial charge in [0.15, 0.2) is 0 Å². The van der Waals surface area contributed by atoms with Crippen LogP contribution in [0.15, 0.2) is 48.5 Å². The van der Waals surface area contributed by atoms with Gasteiger partial charge in [0.05, 0.1) is 13.7 Å². The molecule has 2 aromatic carbocycles. The average molecular weight is 345 g/mol. The second-order valence-electron chi connectivity index (χ2n) is 5.89. The number of ether oxygens (including phenoxy) is 2. The highest BCUT2D eigenvalue weighted by Crippen LogP contribution is 2.31. The predicted molar refractivity (Wildman–Crippen MR) is 95.4 cm³/mol. The monoisotopic (exact) mass is 345 g/mol. The van der Waals surface area contributed by atoms with Crippen LogP contribution >= 0.6 is 0 Å². The summed E-state index contributed by atoms with van der Waals surface area (Å²) in [4.78, 5) is 14.2. The van der Waals surface area contributed by atoms with Crippen molar-refractivity contribution in [1.82, 2.24) is 4.90 Å². The van der Waals surface area contributed by atoms with E-state index in [1.54, 1.807) is 38.3 Å². The molecule has 0 spiro atoms. The zero-order chi connectivity index (χ0) is 18.2. The number of hydrogen-bond acceptors (Lipinski definition) is 3. The lowest BCUT2D eigenvalue weighted by molar-refractivity contribution is -0.130. The molecular formula is C20H24FNO3. The number of amides is 1. The SMILES string of the molecule is COCCN(C)C(=O)CC(c1ccc(F)cc1)c1cccc(OC)c1. The lowest BCUT2D eigenvalue weighted by atomic mass is 9.88. The Morgan fingerprint density at radius 3 is 2.48 bits per heavy atom. The summed E-state index contributed by atoms with van der Waals surface area (Å²) in [6.45, 7) is 1.02. The standard InChI is InChI=1S/C20H24FNO3/c1-22(11-12-24-2)20(23)14-19(15-7-9-17(21)10-8-15)16-5-4-6-18(13-16)25-3/h4-10,13,19H,11-12,14H2,1-3H3. The van der Waals surface area contributed by atoms with Gasteiger partial charge in [-0.1, -0.05) is 24.3 Å². The molecule has 0 bridgehead atoms. The molecule has 0 aliphatic heterocycles. The fraction of sp³-hybridized carbons (Fsp3) is 0.350. The molecule has 0 aliphatic rings. The van der Waals surface area contributed by atoms with Crippen molar-refractivity contribution in [3.63, 3.8) is 0 Å². The summed E-state index contributed by atoms with van der Waals surface area (Å²) in [5, 5.41) is 0. The molecule has 134 valence electrons. The highest BCUT2D eigenvalue weighted by atomic mass is 19.1. The van der Waals surface area contributed by atoms with Crippen molar-refractivity contribution in [2.75, 3.05) is 34.4 Å². The van der Waals surface area contributed by atoms with Gasteiger partial charge in [-0.15, -0.1) is 0 Å².